The van der Waals surface area contributed by atoms with E-state index in [1.165, 1.54) is 0 Å². The number of amides is 1. The van der Waals surface area contributed by atoms with E-state index in [1.807, 2.05) is 0 Å². The van der Waals surface area contributed by atoms with Gasteiger partial charge in [-0.15, -0.1) is 10.2 Å². The maximum absolute atomic E-state index is 11.9. The Bertz CT molecular complexity index is 988. The number of hydrogen-bond donors (Lipinski definition) is 2. The van der Waals surface area contributed by atoms with E-state index in [-0.39, 0.29) is 18.2 Å². The number of ether oxygens (including phenoxy) is 1. The van der Waals surface area contributed by atoms with Crippen LogP contribution in [0.1, 0.15) is 0 Å². The van der Waals surface area contributed by atoms with Crippen LogP contribution in [0.25, 0.3) is 10.9 Å². The number of nitrogens with zero attached hydrogens (tertiary/aromatic N) is 2. The number of H-pyrrole nitrogens is 1. The summed E-state index contributed by atoms with van der Waals surface area (Å²) in [5.41, 5.74) is 0.829. The first-order valence-electron chi connectivity index (χ1n) is 6.97. The lowest BCUT2D eigenvalue weighted by atomic mass is 10.2. The molecule has 0 saturated heterocycles. The Morgan fingerprint density at radius 3 is 2.72 bits per heavy atom. The van der Waals surface area contributed by atoms with Crippen molar-refractivity contribution < 1.29 is 14.6 Å². The fraction of sp³-hybridized carbons (Fsp3) is 0.0625. The number of carbonyl (C=O) groups is 1. The van der Waals surface area contributed by atoms with Gasteiger partial charge in [0.1, 0.15) is 5.75 Å². The van der Waals surface area contributed by atoms with Gasteiger partial charge < -0.3 is 14.8 Å². The van der Waals surface area contributed by atoms with Gasteiger partial charge in [-0.2, -0.15) is 0 Å². The molecule has 3 aromatic rings. The molecule has 0 spiro atoms. The van der Waals surface area contributed by atoms with Gasteiger partial charge in [-0.05, 0) is 56.1 Å². The molecule has 128 valence electrons. The zero-order valence-corrected chi connectivity index (χ0v) is 16.4. The third kappa shape index (κ3) is 4.02. The van der Waals surface area contributed by atoms with Gasteiger partial charge in [-0.3, -0.25) is 4.79 Å². The van der Waals surface area contributed by atoms with Crippen LogP contribution in [-0.4, -0.2) is 22.6 Å². The monoisotopic (exact) mass is 485 g/mol. The van der Waals surface area contributed by atoms with Crippen molar-refractivity contribution in [1.82, 2.24) is 4.98 Å². The van der Waals surface area contributed by atoms with Gasteiger partial charge in [0.15, 0.2) is 12.3 Å². The Morgan fingerprint density at radius 2 is 1.96 bits per heavy atom. The van der Waals surface area contributed by atoms with Crippen molar-refractivity contribution in [3.63, 3.8) is 0 Å². The Morgan fingerprint density at radius 1 is 1.24 bits per heavy atom. The summed E-state index contributed by atoms with van der Waals surface area (Å²) in [5.74, 6) is -0.398. The number of para-hydroxylation sites is 1. The van der Waals surface area contributed by atoms with Crippen LogP contribution in [0.4, 0.5) is 5.69 Å². The molecule has 0 unspecified atom stereocenters. The van der Waals surface area contributed by atoms with Crippen LogP contribution in [-0.2, 0) is 4.79 Å². The first kappa shape index (κ1) is 17.9. The third-order valence-corrected chi connectivity index (χ3v) is 5.40. The highest BCUT2D eigenvalue weighted by atomic mass is 79.9. The van der Waals surface area contributed by atoms with Gasteiger partial charge in [-0.25, -0.2) is 0 Å². The molecule has 3 rings (SSSR count). The zero-order valence-electron chi connectivity index (χ0n) is 12.5. The summed E-state index contributed by atoms with van der Waals surface area (Å²) in [7, 11) is 0. The van der Waals surface area contributed by atoms with Crippen molar-refractivity contribution in [2.24, 2.45) is 10.2 Å². The molecule has 9 heteroatoms. The molecule has 1 amide bonds. The van der Waals surface area contributed by atoms with Crippen LogP contribution < -0.4 is 4.74 Å². The van der Waals surface area contributed by atoms with E-state index in [9.17, 15) is 9.90 Å². The topological polar surface area (TPSA) is 87.0 Å². The van der Waals surface area contributed by atoms with Crippen molar-refractivity contribution in [3.05, 3.63) is 50.4 Å². The van der Waals surface area contributed by atoms with Gasteiger partial charge in [0.2, 0.25) is 5.88 Å². The molecule has 0 aliphatic carbocycles. The Labute approximate surface area is 164 Å². The minimum absolute atomic E-state index is 0.175. The van der Waals surface area contributed by atoms with E-state index < -0.39 is 5.91 Å². The largest absolute Gasteiger partial charge is 0.493 e. The van der Waals surface area contributed by atoms with Crippen LogP contribution in [0.2, 0.25) is 5.02 Å². The average Bonchev–Trinajstić information content (AvgIpc) is 2.87. The minimum atomic E-state index is -0.607. The van der Waals surface area contributed by atoms with Crippen LogP contribution in [0, 0.1) is 0 Å². The summed E-state index contributed by atoms with van der Waals surface area (Å²) in [5, 5.41) is 18.4. The van der Waals surface area contributed by atoms with Gasteiger partial charge in [0.25, 0.3) is 0 Å². The number of aromatic hydroxyl groups is 1. The highest BCUT2D eigenvalue weighted by Crippen LogP contribution is 2.39. The quantitative estimate of drug-likeness (QED) is 0.460. The first-order chi connectivity index (χ1) is 12.0. The summed E-state index contributed by atoms with van der Waals surface area (Å²) >= 11 is 12.7. The predicted octanol–water partition coefficient (Wildman–Crippen LogP) is 5.74. The Kier molecular flexibility index (Phi) is 5.41. The van der Waals surface area contributed by atoms with Gasteiger partial charge in [0, 0.05) is 14.3 Å². The van der Waals surface area contributed by atoms with Gasteiger partial charge in [-0.1, -0.05) is 23.7 Å². The first-order valence-corrected chi connectivity index (χ1v) is 8.93. The number of fused-ring (bicyclic) bond motifs is 1. The van der Waals surface area contributed by atoms with Crippen molar-refractivity contribution in [2.75, 3.05) is 6.61 Å². The third-order valence-electron chi connectivity index (χ3n) is 3.24. The van der Waals surface area contributed by atoms with Crippen molar-refractivity contribution in [2.45, 2.75) is 0 Å². The molecule has 0 aliphatic rings. The van der Waals surface area contributed by atoms with Crippen molar-refractivity contribution in [1.29, 1.82) is 0 Å². The number of halogens is 3. The molecule has 0 saturated carbocycles. The molecule has 0 radical (unpaired) electrons. The molecule has 0 atom stereocenters. The minimum Gasteiger partial charge on any atom is -0.493 e. The fourth-order valence-electron chi connectivity index (χ4n) is 2.10. The SMILES string of the molecule is O=C(COc1ccccc1Cl)N=Nc1c(O)[nH]c2cc(Br)c(Br)cc12. The second kappa shape index (κ2) is 7.55. The number of benzene rings is 2. The highest BCUT2D eigenvalue weighted by molar-refractivity contribution is 9.13. The van der Waals surface area contributed by atoms with E-state index in [0.717, 1.165) is 8.95 Å². The van der Waals surface area contributed by atoms with Crippen LogP contribution in [0.5, 0.6) is 11.6 Å². The van der Waals surface area contributed by atoms with E-state index >= 15 is 0 Å². The summed E-state index contributed by atoms with van der Waals surface area (Å²) in [6.45, 7) is -0.314. The molecular formula is C16H10Br2ClN3O3. The lowest BCUT2D eigenvalue weighted by Gasteiger charge is -2.04. The molecule has 0 fully saturated rings. The molecule has 0 aliphatic heterocycles. The van der Waals surface area contributed by atoms with Gasteiger partial charge in [0.05, 0.1) is 10.5 Å². The number of aromatic nitrogens is 1. The van der Waals surface area contributed by atoms with Crippen LogP contribution in [0.3, 0.4) is 0 Å². The van der Waals surface area contributed by atoms with Crippen molar-refractivity contribution in [3.8, 4) is 11.6 Å². The van der Waals surface area contributed by atoms with Crippen LogP contribution in [0.15, 0.2) is 55.6 Å². The molecular weight excluding hydrogens is 477 g/mol. The molecule has 2 N–H and O–H groups in total. The van der Waals surface area contributed by atoms with E-state index in [0.29, 0.717) is 21.7 Å². The summed E-state index contributed by atoms with van der Waals surface area (Å²) in [4.78, 5) is 14.6. The molecule has 6 nitrogen and oxygen atoms in total. The molecule has 25 heavy (non-hydrogen) atoms. The zero-order chi connectivity index (χ0) is 18.0. The lowest BCUT2D eigenvalue weighted by Crippen LogP contribution is -2.08. The van der Waals surface area contributed by atoms with E-state index in [2.05, 4.69) is 47.1 Å². The number of hydrogen-bond acceptors (Lipinski definition) is 4. The number of rotatable bonds is 4. The fourth-order valence-corrected chi connectivity index (χ4v) is 2.97. The highest BCUT2D eigenvalue weighted by Gasteiger charge is 2.13. The average molecular weight is 488 g/mol. The second-order valence-corrected chi connectivity index (χ2v) is 7.06. The maximum Gasteiger partial charge on any atom is 0.302 e. The van der Waals surface area contributed by atoms with E-state index in [1.54, 1.807) is 36.4 Å². The molecule has 2 aromatic carbocycles. The smallest absolute Gasteiger partial charge is 0.302 e. The number of azo groups is 1. The predicted molar refractivity (Wildman–Crippen MR) is 102 cm³/mol. The number of carbonyl (C=O) groups excluding carboxylic acids is 1. The lowest BCUT2D eigenvalue weighted by molar-refractivity contribution is -0.120. The van der Waals surface area contributed by atoms with E-state index in [4.69, 9.17) is 16.3 Å². The second-order valence-electron chi connectivity index (χ2n) is 4.95. The Balaban J connectivity index is 1.76. The van der Waals surface area contributed by atoms with Gasteiger partial charge >= 0.3 is 5.91 Å². The van der Waals surface area contributed by atoms with Crippen molar-refractivity contribution >= 4 is 66.0 Å². The molecule has 1 aromatic heterocycles. The molecule has 0 bridgehead atoms. The number of aromatic amines is 1. The normalized spacial score (nSPS) is 11.3. The summed E-state index contributed by atoms with van der Waals surface area (Å²) in [6.07, 6.45) is 0. The summed E-state index contributed by atoms with van der Waals surface area (Å²) in [6, 6.07) is 10.3. The van der Waals surface area contributed by atoms with Crippen LogP contribution >= 0.6 is 43.5 Å². The molecule has 1 heterocycles. The summed E-state index contributed by atoms with van der Waals surface area (Å²) < 4.78 is 6.90. The Hall–Kier alpha value is -1.90. The standard InChI is InChI=1S/C16H10Br2ClN3O3/c17-9-5-8-12(6-10(9)18)20-16(24)15(8)22-21-14(23)7-25-13-4-2-1-3-11(13)19/h1-6,20,24H,7H2. The maximum atomic E-state index is 11.9. The number of nitrogens with one attached hydrogen (secondary N) is 1.